The second-order valence-corrected chi connectivity index (χ2v) is 17.2. The van der Waals surface area contributed by atoms with Crippen LogP contribution in [0.5, 0.6) is 0 Å². The van der Waals surface area contributed by atoms with Gasteiger partial charge in [0.2, 0.25) is 0 Å². The number of hydrogen-bond acceptors (Lipinski definition) is 3. The van der Waals surface area contributed by atoms with Crippen molar-refractivity contribution in [3.05, 3.63) is 131 Å². The van der Waals surface area contributed by atoms with Gasteiger partial charge in [-0.15, -0.1) is 0 Å². The molecule has 0 atom stereocenters. The van der Waals surface area contributed by atoms with E-state index >= 15 is 0 Å². The van der Waals surface area contributed by atoms with Crippen molar-refractivity contribution in [1.82, 2.24) is 14.5 Å². The van der Waals surface area contributed by atoms with Gasteiger partial charge in [0.1, 0.15) is 22.7 Å². The number of furan rings is 1. The first kappa shape index (κ1) is 36.4. The van der Waals surface area contributed by atoms with E-state index in [0.29, 0.717) is 0 Å². The van der Waals surface area contributed by atoms with Gasteiger partial charge in [0.05, 0.1) is 12.7 Å². The number of rotatable bonds is 7. The number of imidazole rings is 1. The predicted molar refractivity (Wildman–Crippen MR) is 229 cm³/mol. The zero-order valence-corrected chi connectivity index (χ0v) is 34.2. The Kier molecular flexibility index (Phi) is 9.03. The fourth-order valence-electron chi connectivity index (χ4n) is 8.16. The topological polar surface area (TPSA) is 47.7 Å². The average molecular weight is 726 g/mol. The summed E-state index contributed by atoms with van der Waals surface area (Å²) in [5, 5.41) is 2.20. The van der Waals surface area contributed by atoms with Crippen molar-refractivity contribution in [1.29, 1.82) is 0 Å². The molecule has 0 radical (unpaired) electrons. The third kappa shape index (κ3) is 6.24. The Bertz CT molecular complexity index is 2710. The maximum absolute atomic E-state index is 7.00. The van der Waals surface area contributed by atoms with Gasteiger partial charge < -0.3 is 4.42 Å². The summed E-state index contributed by atoms with van der Waals surface area (Å²) in [5.41, 5.74) is 16.1. The van der Waals surface area contributed by atoms with Crippen LogP contribution in [0.4, 0.5) is 0 Å². The van der Waals surface area contributed by atoms with Crippen molar-refractivity contribution >= 4 is 33.0 Å². The van der Waals surface area contributed by atoms with Gasteiger partial charge in [-0.05, 0) is 88.9 Å². The summed E-state index contributed by atoms with van der Waals surface area (Å²) in [6, 6.07) is 35.8. The van der Waals surface area contributed by atoms with Crippen LogP contribution in [0.2, 0.25) is 0 Å². The van der Waals surface area contributed by atoms with Gasteiger partial charge in [-0.2, -0.15) is 4.57 Å². The molecule has 0 saturated carbocycles. The zero-order valence-electron chi connectivity index (χ0n) is 34.2. The quantitative estimate of drug-likeness (QED) is 0.154. The third-order valence-electron chi connectivity index (χ3n) is 11.3. The molecule has 0 amide bonds. The van der Waals surface area contributed by atoms with Crippen molar-refractivity contribution in [3.8, 4) is 39.5 Å². The first-order valence-electron chi connectivity index (χ1n) is 19.8. The average Bonchev–Trinajstić information content (AvgIpc) is 3.68. The normalized spacial score (nSPS) is 12.4. The van der Waals surface area contributed by atoms with Gasteiger partial charge in [0.15, 0.2) is 16.6 Å². The van der Waals surface area contributed by atoms with Crippen LogP contribution in [0.15, 0.2) is 108 Å². The molecule has 5 aromatic carbocycles. The maximum atomic E-state index is 7.00. The molecule has 3 aromatic heterocycles. The van der Waals surface area contributed by atoms with E-state index in [1.165, 1.54) is 44.5 Å². The molecule has 0 bridgehead atoms. The summed E-state index contributed by atoms with van der Waals surface area (Å²) in [4.78, 5) is 9.39. The van der Waals surface area contributed by atoms with Crippen molar-refractivity contribution in [2.24, 2.45) is 7.05 Å². The lowest BCUT2D eigenvalue weighted by molar-refractivity contribution is -0.633. The fourth-order valence-corrected chi connectivity index (χ4v) is 8.16. The number of para-hydroxylation sites is 2. The van der Waals surface area contributed by atoms with E-state index in [1.807, 2.05) is 12.3 Å². The van der Waals surface area contributed by atoms with Gasteiger partial charge in [0.25, 0.3) is 5.82 Å². The van der Waals surface area contributed by atoms with Crippen LogP contribution in [-0.2, 0) is 12.5 Å². The summed E-state index contributed by atoms with van der Waals surface area (Å²) < 4.78 is 11.9. The second-order valence-electron chi connectivity index (χ2n) is 17.2. The van der Waals surface area contributed by atoms with Crippen molar-refractivity contribution in [3.63, 3.8) is 0 Å². The lowest BCUT2D eigenvalue weighted by atomic mass is 9.85. The van der Waals surface area contributed by atoms with Gasteiger partial charge in [0, 0.05) is 39.6 Å². The van der Waals surface area contributed by atoms with E-state index < -0.39 is 0 Å². The number of hydrogen-bond donors (Lipinski definition) is 0. The number of fused-ring (bicyclic) bond motifs is 4. The molecule has 55 heavy (non-hydrogen) atoms. The van der Waals surface area contributed by atoms with Crippen molar-refractivity contribution in [2.75, 3.05) is 0 Å². The van der Waals surface area contributed by atoms with Gasteiger partial charge in [-0.3, -0.25) is 0 Å². The minimum Gasteiger partial charge on any atom is -0.455 e. The molecule has 0 fully saturated rings. The lowest BCUT2D eigenvalue weighted by Crippen LogP contribution is -2.30. The number of nitrogens with zero attached hydrogens (tertiary/aromatic N) is 4. The zero-order chi connectivity index (χ0) is 38.9. The molecule has 8 aromatic rings. The Balaban J connectivity index is 1.40. The molecule has 0 spiro atoms. The smallest absolute Gasteiger partial charge is 0.299 e. The molecular formula is C50H53N4O+. The first-order chi connectivity index (χ1) is 26.2. The molecule has 0 aliphatic rings. The number of aryl methyl sites for hydroxylation is 2. The van der Waals surface area contributed by atoms with E-state index in [1.54, 1.807) is 0 Å². The molecule has 278 valence electrons. The standard InChI is InChI=1S/C50H53N4O/c1-29(2)39-26-35(33-17-20-36(21-18-33)50(8,9)10)27-40(30(3)4)46(39)54-43-15-13-12-14-42(43)53(11)49(54)45-32(7)16-22-38-37-23-19-34(28-44(37)55-47(38)45)41-24-25-51-48(52-41)31(5)6/h12-31H,1-11H3/q+1. The Morgan fingerprint density at radius 3 is 2.00 bits per heavy atom. The molecule has 5 heteroatoms. The highest BCUT2D eigenvalue weighted by Crippen LogP contribution is 2.43. The monoisotopic (exact) mass is 725 g/mol. The Morgan fingerprint density at radius 2 is 1.35 bits per heavy atom. The maximum Gasteiger partial charge on any atom is 0.299 e. The van der Waals surface area contributed by atoms with Crippen LogP contribution in [0, 0.1) is 6.92 Å². The summed E-state index contributed by atoms with van der Waals surface area (Å²) in [6.45, 7) is 22.6. The van der Waals surface area contributed by atoms with Crippen LogP contribution in [-0.4, -0.2) is 14.5 Å². The molecule has 8 rings (SSSR count). The molecule has 0 aliphatic heterocycles. The van der Waals surface area contributed by atoms with Crippen LogP contribution in [0.3, 0.4) is 0 Å². The summed E-state index contributed by atoms with van der Waals surface area (Å²) >= 11 is 0. The molecule has 3 heterocycles. The number of aromatic nitrogens is 4. The molecule has 0 N–H and O–H groups in total. The van der Waals surface area contributed by atoms with Crippen LogP contribution in [0.1, 0.15) is 108 Å². The Morgan fingerprint density at radius 1 is 0.691 bits per heavy atom. The third-order valence-corrected chi connectivity index (χ3v) is 11.3. The van der Waals surface area contributed by atoms with Crippen molar-refractivity contribution < 1.29 is 8.98 Å². The molecular weight excluding hydrogens is 673 g/mol. The van der Waals surface area contributed by atoms with Crippen LogP contribution in [0.25, 0.3) is 72.4 Å². The molecule has 0 unspecified atom stereocenters. The minimum atomic E-state index is 0.105. The van der Waals surface area contributed by atoms with E-state index in [0.717, 1.165) is 56.0 Å². The van der Waals surface area contributed by atoms with E-state index in [4.69, 9.17) is 9.40 Å². The van der Waals surface area contributed by atoms with Crippen LogP contribution >= 0.6 is 0 Å². The van der Waals surface area contributed by atoms with Gasteiger partial charge >= 0.3 is 0 Å². The van der Waals surface area contributed by atoms with Crippen LogP contribution < -0.4 is 4.57 Å². The first-order valence-corrected chi connectivity index (χ1v) is 19.8. The Labute approximate surface area is 325 Å². The van der Waals surface area contributed by atoms with Crippen molar-refractivity contribution in [2.45, 2.75) is 92.4 Å². The summed E-state index contributed by atoms with van der Waals surface area (Å²) in [5.74, 6) is 2.75. The highest BCUT2D eigenvalue weighted by molar-refractivity contribution is 6.10. The summed E-state index contributed by atoms with van der Waals surface area (Å²) in [7, 11) is 2.20. The predicted octanol–water partition coefficient (Wildman–Crippen LogP) is 13.1. The summed E-state index contributed by atoms with van der Waals surface area (Å²) in [6.07, 6.45) is 1.85. The van der Waals surface area contributed by atoms with E-state index in [-0.39, 0.29) is 23.2 Å². The van der Waals surface area contributed by atoms with E-state index in [2.05, 4.69) is 181 Å². The fraction of sp³-hybridized carbons (Fsp3) is 0.300. The highest BCUT2D eigenvalue weighted by atomic mass is 16.3. The molecule has 0 saturated heterocycles. The SMILES string of the molecule is Cc1ccc2c(oc3cc(-c4ccnc(C(C)C)n4)ccc32)c1-c1n(-c2c(C(C)C)cc(-c3ccc(C(C)(C)C)cc3)cc2C(C)C)c2ccccc2[n+]1C. The number of benzene rings is 5. The molecule has 5 nitrogen and oxygen atoms in total. The molecule has 0 aliphatic carbocycles. The minimum absolute atomic E-state index is 0.105. The van der Waals surface area contributed by atoms with E-state index in [9.17, 15) is 0 Å². The second kappa shape index (κ2) is 13.6. The van der Waals surface area contributed by atoms with Gasteiger partial charge in [-0.25, -0.2) is 14.5 Å². The highest BCUT2D eigenvalue weighted by Gasteiger charge is 2.34. The van der Waals surface area contributed by atoms with Gasteiger partial charge in [-0.1, -0.05) is 117 Å². The largest absolute Gasteiger partial charge is 0.455 e. The Hall–Kier alpha value is -5.55. The lowest BCUT2D eigenvalue weighted by Gasteiger charge is -2.22.